The third-order valence-corrected chi connectivity index (χ3v) is 3.73. The van der Waals surface area contributed by atoms with Gasteiger partial charge in [-0.15, -0.1) is 12.4 Å². The van der Waals surface area contributed by atoms with E-state index < -0.39 is 0 Å². The highest BCUT2D eigenvalue weighted by Crippen LogP contribution is 2.22. The first-order chi connectivity index (χ1) is 9.19. The molecule has 1 amide bonds. The van der Waals surface area contributed by atoms with Crippen molar-refractivity contribution in [2.24, 2.45) is 11.7 Å². The Morgan fingerprint density at radius 2 is 2.05 bits per heavy atom. The Morgan fingerprint density at radius 3 is 2.65 bits per heavy atom. The van der Waals surface area contributed by atoms with Gasteiger partial charge in [-0.2, -0.15) is 0 Å². The first-order valence-corrected chi connectivity index (χ1v) is 6.87. The Balaban J connectivity index is 0.00000200. The highest BCUT2D eigenvalue weighted by Gasteiger charge is 2.19. The second-order valence-corrected chi connectivity index (χ2v) is 5.23. The number of carbonyl (C=O) groups excluding carboxylic acids is 1. The normalized spacial score (nSPS) is 21.7. The van der Waals surface area contributed by atoms with Crippen LogP contribution in [0.15, 0.2) is 24.3 Å². The predicted molar refractivity (Wildman–Crippen MR) is 82.5 cm³/mol. The lowest BCUT2D eigenvalue weighted by Gasteiger charge is -2.26. The summed E-state index contributed by atoms with van der Waals surface area (Å²) >= 11 is 0. The van der Waals surface area contributed by atoms with E-state index >= 15 is 0 Å². The number of methoxy groups -OCH3 is 1. The minimum atomic E-state index is -0.0261. The van der Waals surface area contributed by atoms with Gasteiger partial charge < -0.3 is 15.8 Å². The van der Waals surface area contributed by atoms with Gasteiger partial charge in [0.1, 0.15) is 5.75 Å². The van der Waals surface area contributed by atoms with Gasteiger partial charge in [0, 0.05) is 18.2 Å². The van der Waals surface area contributed by atoms with Gasteiger partial charge in [0.25, 0.3) is 5.91 Å². The molecular formula is C15H23ClN2O2. The van der Waals surface area contributed by atoms with E-state index in [1.807, 2.05) is 0 Å². The van der Waals surface area contributed by atoms with E-state index in [0.29, 0.717) is 17.5 Å². The van der Waals surface area contributed by atoms with Crippen molar-refractivity contribution < 1.29 is 9.53 Å². The zero-order valence-corrected chi connectivity index (χ0v) is 12.6. The summed E-state index contributed by atoms with van der Waals surface area (Å²) in [5.74, 6) is 1.25. The van der Waals surface area contributed by atoms with Crippen LogP contribution < -0.4 is 15.8 Å². The van der Waals surface area contributed by atoms with Gasteiger partial charge in [0.2, 0.25) is 0 Å². The number of hydrogen-bond donors (Lipinski definition) is 2. The van der Waals surface area contributed by atoms with Crippen LogP contribution in [0, 0.1) is 5.92 Å². The topological polar surface area (TPSA) is 64.3 Å². The minimum Gasteiger partial charge on any atom is -0.497 e. The lowest BCUT2D eigenvalue weighted by atomic mass is 9.86. The molecule has 2 unspecified atom stereocenters. The van der Waals surface area contributed by atoms with E-state index in [4.69, 9.17) is 10.5 Å². The van der Waals surface area contributed by atoms with Gasteiger partial charge in [-0.3, -0.25) is 4.79 Å². The molecule has 1 aliphatic rings. The first-order valence-electron chi connectivity index (χ1n) is 6.87. The maximum Gasteiger partial charge on any atom is 0.251 e. The van der Waals surface area contributed by atoms with Gasteiger partial charge in [-0.25, -0.2) is 0 Å². The summed E-state index contributed by atoms with van der Waals surface area (Å²) in [4.78, 5) is 12.0. The Bertz CT molecular complexity index is 422. The van der Waals surface area contributed by atoms with Crippen LogP contribution in [-0.2, 0) is 0 Å². The first kappa shape index (κ1) is 16.8. The fourth-order valence-electron chi connectivity index (χ4n) is 2.60. The molecule has 0 heterocycles. The Morgan fingerprint density at radius 1 is 1.35 bits per heavy atom. The lowest BCUT2D eigenvalue weighted by Crippen LogP contribution is -2.35. The summed E-state index contributed by atoms with van der Waals surface area (Å²) in [5, 5.41) is 2.99. The fraction of sp³-hybridized carbons (Fsp3) is 0.533. The number of ether oxygens (including phenoxy) is 1. The number of rotatable bonds is 4. The molecule has 0 radical (unpaired) electrons. The van der Waals surface area contributed by atoms with Gasteiger partial charge in [0.15, 0.2) is 0 Å². The quantitative estimate of drug-likeness (QED) is 0.897. The zero-order chi connectivity index (χ0) is 13.7. The molecule has 3 N–H and O–H groups in total. The summed E-state index contributed by atoms with van der Waals surface area (Å²) in [6, 6.07) is 7.45. The third-order valence-electron chi connectivity index (χ3n) is 3.73. The Kier molecular flexibility index (Phi) is 6.82. The smallest absolute Gasteiger partial charge is 0.251 e. The summed E-state index contributed by atoms with van der Waals surface area (Å²) in [6.07, 6.45) is 4.46. The van der Waals surface area contributed by atoms with Gasteiger partial charge in [0.05, 0.1) is 7.11 Å². The maximum atomic E-state index is 12.0. The Hall–Kier alpha value is -1.26. The van der Waals surface area contributed by atoms with E-state index in [1.54, 1.807) is 31.4 Å². The number of benzene rings is 1. The molecule has 4 nitrogen and oxygen atoms in total. The van der Waals surface area contributed by atoms with E-state index in [0.717, 1.165) is 31.6 Å². The molecule has 1 fully saturated rings. The number of nitrogens with one attached hydrogen (secondary N) is 1. The largest absolute Gasteiger partial charge is 0.497 e. The second-order valence-electron chi connectivity index (χ2n) is 5.23. The van der Waals surface area contributed by atoms with E-state index in [9.17, 15) is 4.79 Å². The fourth-order valence-corrected chi connectivity index (χ4v) is 2.60. The molecule has 2 rings (SSSR count). The van der Waals surface area contributed by atoms with Crippen molar-refractivity contribution in [3.8, 4) is 5.75 Å². The maximum absolute atomic E-state index is 12.0. The van der Waals surface area contributed by atoms with Crippen LogP contribution in [0.3, 0.4) is 0 Å². The standard InChI is InChI=1S/C15H22N2O2.ClH/c1-19-14-7-5-12(6-8-14)15(18)17-10-11-3-2-4-13(16)9-11;/h5-8,11,13H,2-4,9-10,16H2,1H3,(H,17,18);1H. The molecule has 112 valence electrons. The number of nitrogens with two attached hydrogens (primary N) is 1. The van der Waals surface area contributed by atoms with Crippen LogP contribution in [0.1, 0.15) is 36.0 Å². The van der Waals surface area contributed by atoms with Crippen LogP contribution in [0.25, 0.3) is 0 Å². The van der Waals surface area contributed by atoms with Crippen molar-refractivity contribution in [1.82, 2.24) is 5.32 Å². The molecule has 0 spiro atoms. The molecule has 1 aromatic carbocycles. The highest BCUT2D eigenvalue weighted by atomic mass is 35.5. The van der Waals surface area contributed by atoms with E-state index in [-0.39, 0.29) is 18.3 Å². The molecule has 20 heavy (non-hydrogen) atoms. The molecule has 1 saturated carbocycles. The lowest BCUT2D eigenvalue weighted by molar-refractivity contribution is 0.0942. The molecule has 2 atom stereocenters. The summed E-state index contributed by atoms with van der Waals surface area (Å²) < 4.78 is 5.07. The van der Waals surface area contributed by atoms with Crippen LogP contribution in [0.4, 0.5) is 0 Å². The molecule has 0 saturated heterocycles. The monoisotopic (exact) mass is 298 g/mol. The van der Waals surface area contributed by atoms with Crippen molar-refractivity contribution in [2.75, 3.05) is 13.7 Å². The average molecular weight is 299 g/mol. The second kappa shape index (κ2) is 8.12. The van der Waals surface area contributed by atoms with Crippen LogP contribution in [-0.4, -0.2) is 25.6 Å². The van der Waals surface area contributed by atoms with E-state index in [2.05, 4.69) is 5.32 Å². The molecule has 1 aliphatic carbocycles. The number of halogens is 1. The van der Waals surface area contributed by atoms with E-state index in [1.165, 1.54) is 6.42 Å². The number of hydrogen-bond acceptors (Lipinski definition) is 3. The molecule has 1 aromatic rings. The Labute approximate surface area is 126 Å². The van der Waals surface area contributed by atoms with Gasteiger partial charge >= 0.3 is 0 Å². The summed E-state index contributed by atoms with van der Waals surface area (Å²) in [5.41, 5.74) is 6.62. The van der Waals surface area contributed by atoms with Gasteiger partial charge in [-0.1, -0.05) is 6.42 Å². The van der Waals surface area contributed by atoms with Crippen LogP contribution in [0.5, 0.6) is 5.75 Å². The summed E-state index contributed by atoms with van der Waals surface area (Å²) in [6.45, 7) is 0.721. The van der Waals surface area contributed by atoms with Crippen molar-refractivity contribution in [1.29, 1.82) is 0 Å². The van der Waals surface area contributed by atoms with Crippen molar-refractivity contribution in [3.63, 3.8) is 0 Å². The van der Waals surface area contributed by atoms with Gasteiger partial charge in [-0.05, 0) is 49.4 Å². The average Bonchev–Trinajstić information content (AvgIpc) is 2.45. The zero-order valence-electron chi connectivity index (χ0n) is 11.8. The van der Waals surface area contributed by atoms with Crippen LogP contribution >= 0.6 is 12.4 Å². The molecule has 0 aliphatic heterocycles. The van der Waals surface area contributed by atoms with Crippen molar-refractivity contribution in [2.45, 2.75) is 31.7 Å². The van der Waals surface area contributed by atoms with Crippen molar-refractivity contribution >= 4 is 18.3 Å². The molecule has 0 bridgehead atoms. The van der Waals surface area contributed by atoms with Crippen molar-refractivity contribution in [3.05, 3.63) is 29.8 Å². The third kappa shape index (κ3) is 4.69. The highest BCUT2D eigenvalue weighted by molar-refractivity contribution is 5.94. The minimum absolute atomic E-state index is 0. The number of carbonyl (C=O) groups is 1. The molecule has 5 heteroatoms. The van der Waals surface area contributed by atoms with Crippen LogP contribution in [0.2, 0.25) is 0 Å². The predicted octanol–water partition coefficient (Wildman–Crippen LogP) is 2.36. The summed E-state index contributed by atoms with van der Waals surface area (Å²) in [7, 11) is 1.61. The molecular weight excluding hydrogens is 276 g/mol. The SMILES string of the molecule is COc1ccc(C(=O)NCC2CCCC(N)C2)cc1.Cl. The molecule has 0 aromatic heterocycles. The number of amides is 1.